The SMILES string of the molecule is C[C@@]1(CO)CCCCN1CC(=O)NCCc1ccc(S(N)(=O)=O)cc1. The minimum absolute atomic E-state index is 0.0523. The molecule has 1 aliphatic heterocycles. The van der Waals surface area contributed by atoms with E-state index in [1.165, 1.54) is 12.1 Å². The molecule has 1 atom stereocenters. The van der Waals surface area contributed by atoms with Crippen molar-refractivity contribution in [1.82, 2.24) is 10.2 Å². The Kier molecular flexibility index (Phi) is 6.56. The van der Waals surface area contributed by atoms with Crippen LogP contribution in [-0.2, 0) is 21.2 Å². The second kappa shape index (κ2) is 8.27. The first-order valence-electron chi connectivity index (χ1n) is 8.49. The molecule has 4 N–H and O–H groups in total. The molecule has 1 amide bonds. The maximum atomic E-state index is 12.2. The van der Waals surface area contributed by atoms with Gasteiger partial charge in [0, 0.05) is 12.1 Å². The number of sulfonamides is 1. The molecule has 0 aliphatic carbocycles. The van der Waals surface area contributed by atoms with Crippen molar-refractivity contribution in [3.63, 3.8) is 0 Å². The average molecular weight is 369 g/mol. The standard InChI is InChI=1S/C17H27N3O4S/c1-17(13-21)9-2-3-11-20(17)12-16(22)19-10-8-14-4-6-15(7-5-14)25(18,23)24/h4-7,21H,2-3,8-13H2,1H3,(H,19,22)(H2,18,23,24)/t17-/m0/s1. The van der Waals surface area contributed by atoms with Crippen molar-refractivity contribution in [2.75, 3.05) is 26.2 Å². The highest BCUT2D eigenvalue weighted by atomic mass is 32.2. The number of nitrogens with one attached hydrogen (secondary N) is 1. The third-order valence-electron chi connectivity index (χ3n) is 4.82. The largest absolute Gasteiger partial charge is 0.394 e. The summed E-state index contributed by atoms with van der Waals surface area (Å²) in [7, 11) is -3.68. The van der Waals surface area contributed by atoms with Crippen molar-refractivity contribution in [2.45, 2.75) is 43.0 Å². The Morgan fingerprint density at radius 3 is 2.60 bits per heavy atom. The van der Waals surface area contributed by atoms with Crippen LogP contribution >= 0.6 is 0 Å². The molecule has 25 heavy (non-hydrogen) atoms. The molecule has 0 saturated carbocycles. The second-order valence-corrected chi connectivity index (χ2v) is 8.38. The molecule has 1 aromatic rings. The first-order chi connectivity index (χ1) is 11.7. The van der Waals surface area contributed by atoms with Crippen molar-refractivity contribution in [2.24, 2.45) is 5.14 Å². The third-order valence-corrected chi connectivity index (χ3v) is 5.75. The quantitative estimate of drug-likeness (QED) is 0.637. The molecule has 1 aliphatic rings. The number of aliphatic hydroxyl groups is 1. The Bertz CT molecular complexity index is 690. The van der Waals surface area contributed by atoms with E-state index < -0.39 is 10.0 Å². The zero-order valence-electron chi connectivity index (χ0n) is 14.6. The molecule has 2 rings (SSSR count). The Hall–Kier alpha value is -1.48. The molecule has 0 bridgehead atoms. The minimum Gasteiger partial charge on any atom is -0.394 e. The van der Waals surface area contributed by atoms with Gasteiger partial charge < -0.3 is 10.4 Å². The van der Waals surface area contributed by atoms with Crippen LogP contribution in [0.2, 0.25) is 0 Å². The van der Waals surface area contributed by atoms with Gasteiger partial charge in [0.15, 0.2) is 0 Å². The lowest BCUT2D eigenvalue weighted by Gasteiger charge is -2.43. The highest BCUT2D eigenvalue weighted by molar-refractivity contribution is 7.89. The van der Waals surface area contributed by atoms with Gasteiger partial charge in [0.2, 0.25) is 15.9 Å². The van der Waals surface area contributed by atoms with Crippen LogP contribution in [0.1, 0.15) is 31.7 Å². The topological polar surface area (TPSA) is 113 Å². The van der Waals surface area contributed by atoms with E-state index >= 15 is 0 Å². The second-order valence-electron chi connectivity index (χ2n) is 6.82. The van der Waals surface area contributed by atoms with Crippen LogP contribution in [0.15, 0.2) is 29.2 Å². The van der Waals surface area contributed by atoms with Gasteiger partial charge in [-0.2, -0.15) is 0 Å². The fourth-order valence-corrected chi connectivity index (χ4v) is 3.62. The molecule has 0 spiro atoms. The van der Waals surface area contributed by atoms with E-state index in [0.717, 1.165) is 31.4 Å². The maximum absolute atomic E-state index is 12.2. The van der Waals surface area contributed by atoms with Gasteiger partial charge in [0.1, 0.15) is 0 Å². The predicted molar refractivity (Wildman–Crippen MR) is 95.4 cm³/mol. The van der Waals surface area contributed by atoms with Crippen molar-refractivity contribution >= 4 is 15.9 Å². The smallest absolute Gasteiger partial charge is 0.238 e. The number of rotatable bonds is 7. The Labute approximate surface area is 149 Å². The summed E-state index contributed by atoms with van der Waals surface area (Å²) in [5, 5.41) is 17.6. The molecule has 8 heteroatoms. The molecule has 0 radical (unpaired) electrons. The summed E-state index contributed by atoms with van der Waals surface area (Å²) in [5.74, 6) is -0.0669. The molecule has 0 aromatic heterocycles. The van der Waals surface area contributed by atoms with Crippen LogP contribution in [0.4, 0.5) is 0 Å². The van der Waals surface area contributed by atoms with Crippen LogP contribution in [0.5, 0.6) is 0 Å². The molecular weight excluding hydrogens is 342 g/mol. The molecule has 1 heterocycles. The molecule has 1 saturated heterocycles. The van der Waals surface area contributed by atoms with E-state index in [0.29, 0.717) is 13.0 Å². The monoisotopic (exact) mass is 369 g/mol. The lowest BCUT2D eigenvalue weighted by Crippen LogP contribution is -2.55. The summed E-state index contributed by atoms with van der Waals surface area (Å²) in [5.41, 5.74) is 0.602. The van der Waals surface area contributed by atoms with Gasteiger partial charge in [0.05, 0.1) is 18.0 Å². The van der Waals surface area contributed by atoms with E-state index in [-0.39, 0.29) is 29.5 Å². The van der Waals surface area contributed by atoms with Crippen molar-refractivity contribution < 1.29 is 18.3 Å². The van der Waals surface area contributed by atoms with Gasteiger partial charge >= 0.3 is 0 Å². The lowest BCUT2D eigenvalue weighted by molar-refractivity contribution is -0.125. The number of hydrogen-bond acceptors (Lipinski definition) is 5. The molecular formula is C17H27N3O4S. The number of likely N-dealkylation sites (tertiary alicyclic amines) is 1. The van der Waals surface area contributed by atoms with Gasteiger partial charge in [-0.15, -0.1) is 0 Å². The Morgan fingerprint density at radius 1 is 1.32 bits per heavy atom. The number of primary sulfonamides is 1. The minimum atomic E-state index is -3.68. The molecule has 7 nitrogen and oxygen atoms in total. The van der Waals surface area contributed by atoms with Crippen molar-refractivity contribution in [3.05, 3.63) is 29.8 Å². The highest BCUT2D eigenvalue weighted by Gasteiger charge is 2.34. The van der Waals surface area contributed by atoms with E-state index in [1.54, 1.807) is 12.1 Å². The van der Waals surface area contributed by atoms with Crippen LogP contribution in [0.3, 0.4) is 0 Å². The summed E-state index contributed by atoms with van der Waals surface area (Å²) in [4.78, 5) is 14.3. The molecule has 140 valence electrons. The first-order valence-corrected chi connectivity index (χ1v) is 10.0. The fraction of sp³-hybridized carbons (Fsp3) is 0.588. The molecule has 1 fully saturated rings. The van der Waals surface area contributed by atoms with Crippen LogP contribution in [0.25, 0.3) is 0 Å². The Morgan fingerprint density at radius 2 is 2.00 bits per heavy atom. The van der Waals surface area contributed by atoms with Gasteiger partial charge in [-0.05, 0) is 50.4 Å². The van der Waals surface area contributed by atoms with E-state index in [1.807, 2.05) is 11.8 Å². The van der Waals surface area contributed by atoms with E-state index in [9.17, 15) is 18.3 Å². The molecule has 1 aromatic carbocycles. The van der Waals surface area contributed by atoms with Gasteiger partial charge in [-0.25, -0.2) is 13.6 Å². The number of nitrogens with two attached hydrogens (primary N) is 1. The van der Waals surface area contributed by atoms with Crippen LogP contribution in [-0.4, -0.2) is 56.1 Å². The molecule has 0 unspecified atom stereocenters. The number of nitrogens with zero attached hydrogens (tertiary/aromatic N) is 1. The number of carbonyl (C=O) groups excluding carboxylic acids is 1. The summed E-state index contributed by atoms with van der Waals surface area (Å²) >= 11 is 0. The summed E-state index contributed by atoms with van der Waals surface area (Å²) in [6.45, 7) is 3.61. The van der Waals surface area contributed by atoms with Crippen LogP contribution in [0, 0.1) is 0 Å². The first kappa shape index (κ1) is 19.8. The van der Waals surface area contributed by atoms with E-state index in [2.05, 4.69) is 5.32 Å². The van der Waals surface area contributed by atoms with Crippen LogP contribution < -0.4 is 10.5 Å². The normalized spacial score (nSPS) is 21.9. The summed E-state index contributed by atoms with van der Waals surface area (Å²) in [6.07, 6.45) is 3.62. The summed E-state index contributed by atoms with van der Waals surface area (Å²) in [6, 6.07) is 6.32. The predicted octanol–water partition coefficient (Wildman–Crippen LogP) is 0.230. The Balaban J connectivity index is 1.80. The summed E-state index contributed by atoms with van der Waals surface area (Å²) < 4.78 is 22.4. The zero-order valence-corrected chi connectivity index (χ0v) is 15.4. The lowest BCUT2D eigenvalue weighted by atomic mass is 9.89. The number of carbonyl (C=O) groups is 1. The fourth-order valence-electron chi connectivity index (χ4n) is 3.11. The third kappa shape index (κ3) is 5.50. The van der Waals surface area contributed by atoms with Crippen molar-refractivity contribution in [3.8, 4) is 0 Å². The van der Waals surface area contributed by atoms with Gasteiger partial charge in [0.25, 0.3) is 0 Å². The average Bonchev–Trinajstić information content (AvgIpc) is 2.57. The zero-order chi connectivity index (χ0) is 18.5. The number of benzene rings is 1. The number of piperidine rings is 1. The van der Waals surface area contributed by atoms with Gasteiger partial charge in [-0.1, -0.05) is 18.6 Å². The number of aliphatic hydroxyl groups excluding tert-OH is 1. The number of amides is 1. The highest BCUT2D eigenvalue weighted by Crippen LogP contribution is 2.26. The number of hydrogen-bond donors (Lipinski definition) is 3. The van der Waals surface area contributed by atoms with Gasteiger partial charge in [-0.3, -0.25) is 9.69 Å². The maximum Gasteiger partial charge on any atom is 0.238 e. The van der Waals surface area contributed by atoms with Crippen molar-refractivity contribution in [1.29, 1.82) is 0 Å². The van der Waals surface area contributed by atoms with E-state index in [4.69, 9.17) is 5.14 Å².